The summed E-state index contributed by atoms with van der Waals surface area (Å²) in [6.07, 6.45) is 2.61. The Kier molecular flexibility index (Phi) is 5.07. The molecule has 1 unspecified atom stereocenters. The molecule has 1 aromatic heterocycles. The van der Waals surface area contributed by atoms with Crippen molar-refractivity contribution in [1.82, 2.24) is 9.78 Å². The summed E-state index contributed by atoms with van der Waals surface area (Å²) >= 11 is 6.40. The van der Waals surface area contributed by atoms with Crippen molar-refractivity contribution in [2.75, 3.05) is 0 Å². The van der Waals surface area contributed by atoms with Gasteiger partial charge in [-0.05, 0) is 18.4 Å². The Hall–Kier alpha value is -1.32. The van der Waals surface area contributed by atoms with Gasteiger partial charge in [0.25, 0.3) is 0 Å². The van der Waals surface area contributed by atoms with E-state index in [4.69, 9.17) is 11.6 Å². The minimum atomic E-state index is -0.802. The van der Waals surface area contributed by atoms with Gasteiger partial charge in [0.15, 0.2) is 0 Å². The summed E-state index contributed by atoms with van der Waals surface area (Å²) in [5, 5.41) is 16.1. The first-order valence-corrected chi connectivity index (χ1v) is 7.83. The van der Waals surface area contributed by atoms with Crippen LogP contribution in [0.2, 0.25) is 5.02 Å². The highest BCUT2D eigenvalue weighted by molar-refractivity contribution is 6.31. The Labute approximate surface area is 131 Å². The lowest BCUT2D eigenvalue weighted by Gasteiger charge is -2.27. The van der Waals surface area contributed by atoms with Crippen molar-refractivity contribution in [3.63, 3.8) is 0 Å². The van der Waals surface area contributed by atoms with Gasteiger partial charge in [-0.1, -0.05) is 55.8 Å². The highest BCUT2D eigenvalue weighted by atomic mass is 35.5. The number of halogens is 1. The largest absolute Gasteiger partial charge is 0.389 e. The molecule has 4 heteroatoms. The molecule has 1 N–H and O–H groups in total. The maximum absolute atomic E-state index is 11.0. The van der Waals surface area contributed by atoms with Gasteiger partial charge in [-0.15, -0.1) is 0 Å². The molecule has 0 spiro atoms. The lowest BCUT2D eigenvalue weighted by Crippen LogP contribution is -2.34. The lowest BCUT2D eigenvalue weighted by molar-refractivity contribution is 0.0351. The van der Waals surface area contributed by atoms with Gasteiger partial charge in [0.05, 0.1) is 22.0 Å². The molecule has 1 atom stereocenters. The fraction of sp³-hybridized carbons (Fsp3) is 0.471. The Balaban J connectivity index is 2.24. The van der Waals surface area contributed by atoms with Crippen molar-refractivity contribution in [3.05, 3.63) is 52.3 Å². The number of rotatable bonds is 6. The summed E-state index contributed by atoms with van der Waals surface area (Å²) in [5.41, 5.74) is 2.14. The second-order valence-electron chi connectivity index (χ2n) is 5.60. The van der Waals surface area contributed by atoms with Crippen molar-refractivity contribution in [2.24, 2.45) is 7.05 Å². The molecule has 0 aliphatic rings. The molecule has 3 nitrogen and oxygen atoms in total. The molecule has 2 rings (SSSR count). The molecule has 0 saturated heterocycles. The van der Waals surface area contributed by atoms with Crippen LogP contribution < -0.4 is 0 Å². The van der Waals surface area contributed by atoms with Gasteiger partial charge in [0, 0.05) is 19.9 Å². The van der Waals surface area contributed by atoms with Crippen molar-refractivity contribution < 1.29 is 5.11 Å². The topological polar surface area (TPSA) is 38.0 Å². The summed E-state index contributed by atoms with van der Waals surface area (Å²) in [5.74, 6) is 0. The third-order valence-corrected chi connectivity index (χ3v) is 4.47. The number of hydrogen-bond donors (Lipinski definition) is 1. The molecule has 0 aliphatic carbocycles. The third-order valence-electron chi connectivity index (χ3n) is 4.03. The molecule has 0 bridgehead atoms. The number of aryl methyl sites for hydroxylation is 2. The Morgan fingerprint density at radius 3 is 2.38 bits per heavy atom. The molecule has 1 heterocycles. The van der Waals surface area contributed by atoms with Crippen LogP contribution >= 0.6 is 11.6 Å². The van der Waals surface area contributed by atoms with Gasteiger partial charge in [-0.25, -0.2) is 0 Å². The van der Waals surface area contributed by atoms with Crippen LogP contribution in [-0.2, 0) is 26.3 Å². The molecule has 114 valence electrons. The van der Waals surface area contributed by atoms with E-state index in [1.807, 2.05) is 51.2 Å². The van der Waals surface area contributed by atoms with Crippen LogP contribution in [-0.4, -0.2) is 20.5 Å². The average Bonchev–Trinajstić information content (AvgIpc) is 2.75. The quantitative estimate of drug-likeness (QED) is 0.886. The first kappa shape index (κ1) is 16.1. The van der Waals surface area contributed by atoms with Gasteiger partial charge in [0.2, 0.25) is 0 Å². The average molecular weight is 307 g/mol. The van der Waals surface area contributed by atoms with Crippen LogP contribution in [0.4, 0.5) is 0 Å². The monoisotopic (exact) mass is 306 g/mol. The molecule has 1 aromatic carbocycles. The lowest BCUT2D eigenvalue weighted by atomic mass is 9.87. The van der Waals surface area contributed by atoms with Gasteiger partial charge in [-0.2, -0.15) is 5.10 Å². The minimum absolute atomic E-state index is 0.515. The summed E-state index contributed by atoms with van der Waals surface area (Å²) in [4.78, 5) is 0. The van der Waals surface area contributed by atoms with Crippen LogP contribution in [0, 0.1) is 0 Å². The summed E-state index contributed by atoms with van der Waals surface area (Å²) in [7, 11) is 1.89. The molecule has 0 aliphatic heterocycles. The summed E-state index contributed by atoms with van der Waals surface area (Å²) < 4.78 is 1.80. The number of nitrogens with zero attached hydrogens (tertiary/aromatic N) is 2. The molecular formula is C17H23ClN2O. The van der Waals surface area contributed by atoms with Gasteiger partial charge >= 0.3 is 0 Å². The first-order valence-electron chi connectivity index (χ1n) is 7.45. The van der Waals surface area contributed by atoms with Crippen LogP contribution in [0.25, 0.3) is 0 Å². The van der Waals surface area contributed by atoms with E-state index in [2.05, 4.69) is 5.10 Å². The summed E-state index contributed by atoms with van der Waals surface area (Å²) in [6.45, 7) is 4.04. The van der Waals surface area contributed by atoms with Crippen LogP contribution in [0.5, 0.6) is 0 Å². The first-order chi connectivity index (χ1) is 9.99. The van der Waals surface area contributed by atoms with Crippen LogP contribution in [0.3, 0.4) is 0 Å². The fourth-order valence-electron chi connectivity index (χ4n) is 2.61. The molecule has 0 saturated carbocycles. The number of benzene rings is 1. The maximum atomic E-state index is 11.0. The van der Waals surface area contributed by atoms with Crippen LogP contribution in [0.1, 0.15) is 37.2 Å². The fourth-order valence-corrected chi connectivity index (χ4v) is 2.97. The smallest absolute Gasteiger partial charge is 0.0850 e. The molecule has 0 radical (unpaired) electrons. The van der Waals surface area contributed by atoms with E-state index in [9.17, 15) is 5.11 Å². The second kappa shape index (κ2) is 6.63. The van der Waals surface area contributed by atoms with Crippen molar-refractivity contribution in [2.45, 2.75) is 45.1 Å². The minimum Gasteiger partial charge on any atom is -0.389 e. The Morgan fingerprint density at radius 2 is 1.86 bits per heavy atom. The van der Waals surface area contributed by atoms with Gasteiger partial charge in [0.1, 0.15) is 0 Å². The zero-order valence-corrected chi connectivity index (χ0v) is 13.7. The number of hydrogen-bond acceptors (Lipinski definition) is 2. The van der Waals surface area contributed by atoms with E-state index in [1.54, 1.807) is 4.68 Å². The highest BCUT2D eigenvalue weighted by Gasteiger charge is 2.29. The third kappa shape index (κ3) is 3.66. The number of aliphatic hydroxyl groups is 1. The highest BCUT2D eigenvalue weighted by Crippen LogP contribution is 2.28. The van der Waals surface area contributed by atoms with E-state index in [-0.39, 0.29) is 0 Å². The van der Waals surface area contributed by atoms with Crippen molar-refractivity contribution in [3.8, 4) is 0 Å². The van der Waals surface area contributed by atoms with Gasteiger partial charge < -0.3 is 5.11 Å². The molecule has 2 aromatic rings. The maximum Gasteiger partial charge on any atom is 0.0850 e. The Bertz CT molecular complexity index is 594. The zero-order chi connectivity index (χ0) is 15.5. The van der Waals surface area contributed by atoms with E-state index >= 15 is 0 Å². The second-order valence-corrected chi connectivity index (χ2v) is 5.98. The number of aromatic nitrogens is 2. The van der Waals surface area contributed by atoms with Gasteiger partial charge in [-0.3, -0.25) is 4.68 Å². The summed E-state index contributed by atoms with van der Waals surface area (Å²) in [6, 6.07) is 10.1. The molecule has 0 amide bonds. The zero-order valence-electron chi connectivity index (χ0n) is 12.9. The standard InChI is InChI=1S/C17H23ClN2O/c1-4-14-16(18)15(20(3)19-14)12-17(21,5-2)11-13-9-7-6-8-10-13/h6-10,21H,4-5,11-12H2,1-3H3. The van der Waals surface area contributed by atoms with E-state index in [0.29, 0.717) is 24.3 Å². The van der Waals surface area contributed by atoms with E-state index < -0.39 is 5.60 Å². The van der Waals surface area contributed by atoms with E-state index in [1.165, 1.54) is 0 Å². The molecular weight excluding hydrogens is 284 g/mol. The van der Waals surface area contributed by atoms with E-state index in [0.717, 1.165) is 23.4 Å². The molecule has 0 fully saturated rings. The Morgan fingerprint density at radius 1 is 1.19 bits per heavy atom. The predicted octanol–water partition coefficient (Wildman–Crippen LogP) is 3.56. The molecule has 21 heavy (non-hydrogen) atoms. The normalized spacial score (nSPS) is 14.1. The van der Waals surface area contributed by atoms with Crippen molar-refractivity contribution >= 4 is 11.6 Å². The van der Waals surface area contributed by atoms with Crippen LogP contribution in [0.15, 0.2) is 30.3 Å². The SMILES string of the molecule is CCc1nn(C)c(CC(O)(CC)Cc2ccccc2)c1Cl. The van der Waals surface area contributed by atoms with Crippen molar-refractivity contribution in [1.29, 1.82) is 0 Å². The predicted molar refractivity (Wildman–Crippen MR) is 86.7 cm³/mol.